The molecule has 19 heavy (non-hydrogen) atoms. The van der Waals surface area contributed by atoms with Crippen molar-refractivity contribution in [2.45, 2.75) is 31.2 Å². The van der Waals surface area contributed by atoms with Crippen LogP contribution >= 0.6 is 15.9 Å². The third-order valence-electron chi connectivity index (χ3n) is 3.43. The first-order chi connectivity index (χ1) is 9.13. The summed E-state index contributed by atoms with van der Waals surface area (Å²) < 4.78 is 6.48. The van der Waals surface area contributed by atoms with Crippen LogP contribution in [0.3, 0.4) is 0 Å². The highest BCUT2D eigenvalue weighted by atomic mass is 79.9. The number of aliphatic hydroxyl groups is 1. The van der Waals surface area contributed by atoms with Crippen LogP contribution in [0.25, 0.3) is 0 Å². The number of nitrogens with one attached hydrogen (secondary N) is 1. The average Bonchev–Trinajstić information content (AvgIpc) is 2.36. The number of aliphatic hydroxyl groups excluding tert-OH is 1. The van der Waals surface area contributed by atoms with Gasteiger partial charge < -0.3 is 15.2 Å². The van der Waals surface area contributed by atoms with Gasteiger partial charge in [0.25, 0.3) is 0 Å². The Balaban J connectivity index is 1.70. The van der Waals surface area contributed by atoms with Crippen molar-refractivity contribution in [2.75, 3.05) is 13.2 Å². The highest BCUT2D eigenvalue weighted by Gasteiger charge is 2.37. The van der Waals surface area contributed by atoms with E-state index in [2.05, 4.69) is 21.2 Å². The second-order valence-corrected chi connectivity index (χ2v) is 5.81. The molecule has 0 spiro atoms. The smallest absolute Gasteiger partial charge is 0.223 e. The Morgan fingerprint density at radius 3 is 2.58 bits per heavy atom. The van der Waals surface area contributed by atoms with Gasteiger partial charge in [-0.2, -0.15) is 0 Å². The maximum absolute atomic E-state index is 11.7. The molecule has 0 atom stereocenters. The van der Waals surface area contributed by atoms with Crippen LogP contribution in [0.15, 0.2) is 28.7 Å². The molecule has 2 N–H and O–H groups in total. The molecule has 0 saturated heterocycles. The van der Waals surface area contributed by atoms with Gasteiger partial charge in [0.2, 0.25) is 5.91 Å². The van der Waals surface area contributed by atoms with Gasteiger partial charge in [0.15, 0.2) is 0 Å². The Hall–Kier alpha value is -1.07. The van der Waals surface area contributed by atoms with E-state index in [4.69, 9.17) is 4.74 Å². The van der Waals surface area contributed by atoms with Gasteiger partial charge in [-0.1, -0.05) is 15.9 Å². The summed E-state index contributed by atoms with van der Waals surface area (Å²) in [4.78, 5) is 11.7. The fourth-order valence-corrected chi connectivity index (χ4v) is 2.34. The van der Waals surface area contributed by atoms with E-state index in [1.165, 1.54) is 0 Å². The molecule has 0 heterocycles. The van der Waals surface area contributed by atoms with E-state index in [1.54, 1.807) is 0 Å². The summed E-state index contributed by atoms with van der Waals surface area (Å²) in [5, 5.41) is 12.2. The van der Waals surface area contributed by atoms with E-state index in [1.807, 2.05) is 24.3 Å². The SMILES string of the molecule is O=C(CCOc1ccc(Br)cc1)NC1(CO)CCC1. The van der Waals surface area contributed by atoms with E-state index in [-0.39, 0.29) is 18.1 Å². The second-order valence-electron chi connectivity index (χ2n) is 4.89. The molecule has 0 aliphatic heterocycles. The van der Waals surface area contributed by atoms with Gasteiger partial charge in [-0.25, -0.2) is 0 Å². The monoisotopic (exact) mass is 327 g/mol. The molecule has 0 unspecified atom stereocenters. The van der Waals surface area contributed by atoms with Crippen LogP contribution in [-0.2, 0) is 4.79 Å². The van der Waals surface area contributed by atoms with Crippen molar-refractivity contribution in [3.63, 3.8) is 0 Å². The summed E-state index contributed by atoms with van der Waals surface area (Å²) in [5.74, 6) is 0.683. The molecule has 1 aromatic carbocycles. The predicted molar refractivity (Wildman–Crippen MR) is 76.1 cm³/mol. The van der Waals surface area contributed by atoms with Crippen LogP contribution in [0.4, 0.5) is 0 Å². The van der Waals surface area contributed by atoms with Crippen molar-refractivity contribution >= 4 is 21.8 Å². The average molecular weight is 328 g/mol. The molecule has 1 saturated carbocycles. The molecule has 104 valence electrons. The minimum atomic E-state index is -0.366. The quantitative estimate of drug-likeness (QED) is 0.842. The number of ether oxygens (including phenoxy) is 1. The highest BCUT2D eigenvalue weighted by molar-refractivity contribution is 9.10. The summed E-state index contributed by atoms with van der Waals surface area (Å²) in [5.41, 5.74) is -0.366. The summed E-state index contributed by atoms with van der Waals surface area (Å²) in [7, 11) is 0. The Morgan fingerprint density at radius 1 is 1.37 bits per heavy atom. The van der Waals surface area contributed by atoms with Crippen molar-refractivity contribution in [1.82, 2.24) is 5.32 Å². The van der Waals surface area contributed by atoms with Crippen molar-refractivity contribution < 1.29 is 14.6 Å². The van der Waals surface area contributed by atoms with E-state index in [0.29, 0.717) is 13.0 Å². The molecule has 1 aromatic rings. The molecule has 1 amide bonds. The van der Waals surface area contributed by atoms with Gasteiger partial charge >= 0.3 is 0 Å². The van der Waals surface area contributed by atoms with Crippen molar-refractivity contribution in [2.24, 2.45) is 0 Å². The molecule has 2 rings (SSSR count). The second kappa shape index (κ2) is 6.39. The van der Waals surface area contributed by atoms with E-state index >= 15 is 0 Å². The number of carbonyl (C=O) groups excluding carboxylic acids is 1. The Morgan fingerprint density at radius 2 is 2.05 bits per heavy atom. The van der Waals surface area contributed by atoms with Crippen LogP contribution in [-0.4, -0.2) is 29.8 Å². The zero-order chi connectivity index (χ0) is 13.7. The van der Waals surface area contributed by atoms with E-state index in [0.717, 1.165) is 29.5 Å². The first kappa shape index (κ1) is 14.3. The summed E-state index contributed by atoms with van der Waals surface area (Å²) in [6, 6.07) is 7.49. The number of halogens is 1. The van der Waals surface area contributed by atoms with Gasteiger partial charge in [-0.15, -0.1) is 0 Å². The first-order valence-electron chi connectivity index (χ1n) is 6.44. The first-order valence-corrected chi connectivity index (χ1v) is 7.23. The summed E-state index contributed by atoms with van der Waals surface area (Å²) in [6.07, 6.45) is 3.10. The van der Waals surface area contributed by atoms with Gasteiger partial charge in [0.1, 0.15) is 5.75 Å². The maximum atomic E-state index is 11.7. The molecule has 5 heteroatoms. The summed E-state index contributed by atoms with van der Waals surface area (Å²) >= 11 is 3.35. The fraction of sp³-hybridized carbons (Fsp3) is 0.500. The maximum Gasteiger partial charge on any atom is 0.223 e. The largest absolute Gasteiger partial charge is 0.493 e. The Kier molecular flexibility index (Phi) is 4.82. The molecular formula is C14H18BrNO3. The molecule has 4 nitrogen and oxygen atoms in total. The number of carbonyl (C=O) groups is 1. The minimum absolute atomic E-state index is 0.0201. The molecule has 1 fully saturated rings. The lowest BCUT2D eigenvalue weighted by atomic mass is 9.77. The zero-order valence-corrected chi connectivity index (χ0v) is 12.3. The number of rotatable bonds is 6. The Labute approximate surface area is 121 Å². The van der Waals surface area contributed by atoms with Crippen LogP contribution in [0, 0.1) is 0 Å². The predicted octanol–water partition coefficient (Wildman–Crippen LogP) is 2.25. The molecule has 1 aliphatic rings. The van der Waals surface area contributed by atoms with Crippen molar-refractivity contribution in [3.05, 3.63) is 28.7 Å². The normalized spacial score (nSPS) is 16.5. The standard InChI is InChI=1S/C14H18BrNO3/c15-11-2-4-12(5-3-11)19-9-6-13(18)16-14(10-17)7-1-8-14/h2-5,17H,1,6-10H2,(H,16,18). The number of benzene rings is 1. The summed E-state index contributed by atoms with van der Waals surface area (Å²) in [6.45, 7) is 0.362. The highest BCUT2D eigenvalue weighted by Crippen LogP contribution is 2.31. The lowest BCUT2D eigenvalue weighted by molar-refractivity contribution is -0.125. The van der Waals surface area contributed by atoms with Crippen LogP contribution in [0.5, 0.6) is 5.75 Å². The molecule has 0 aromatic heterocycles. The lowest BCUT2D eigenvalue weighted by Gasteiger charge is -2.40. The number of hydrogen-bond acceptors (Lipinski definition) is 3. The van der Waals surface area contributed by atoms with Crippen LogP contribution in [0.1, 0.15) is 25.7 Å². The molecule has 0 bridgehead atoms. The molecule has 0 radical (unpaired) electrons. The van der Waals surface area contributed by atoms with Gasteiger partial charge in [0, 0.05) is 4.47 Å². The van der Waals surface area contributed by atoms with Gasteiger partial charge in [0.05, 0.1) is 25.2 Å². The third-order valence-corrected chi connectivity index (χ3v) is 3.96. The number of hydrogen-bond donors (Lipinski definition) is 2. The zero-order valence-electron chi connectivity index (χ0n) is 10.7. The van der Waals surface area contributed by atoms with Crippen LogP contribution < -0.4 is 10.1 Å². The topological polar surface area (TPSA) is 58.6 Å². The van der Waals surface area contributed by atoms with Crippen molar-refractivity contribution in [1.29, 1.82) is 0 Å². The Bertz CT molecular complexity index is 423. The fourth-order valence-electron chi connectivity index (χ4n) is 2.08. The third kappa shape index (κ3) is 3.94. The van der Waals surface area contributed by atoms with Gasteiger partial charge in [-0.05, 0) is 43.5 Å². The molecular weight excluding hydrogens is 310 g/mol. The number of amides is 1. The minimum Gasteiger partial charge on any atom is -0.493 e. The van der Waals surface area contributed by atoms with Crippen LogP contribution in [0.2, 0.25) is 0 Å². The van der Waals surface area contributed by atoms with Crippen molar-refractivity contribution in [3.8, 4) is 5.75 Å². The van der Waals surface area contributed by atoms with E-state index in [9.17, 15) is 9.90 Å². The molecule has 1 aliphatic carbocycles. The van der Waals surface area contributed by atoms with E-state index < -0.39 is 0 Å². The van der Waals surface area contributed by atoms with Gasteiger partial charge in [-0.3, -0.25) is 4.79 Å². The lowest BCUT2D eigenvalue weighted by Crippen LogP contribution is -2.56.